The van der Waals surface area contributed by atoms with Crippen molar-refractivity contribution in [1.29, 1.82) is 0 Å². The normalized spacial score (nSPS) is 24.5. The predicted molar refractivity (Wildman–Crippen MR) is 77.0 cm³/mol. The van der Waals surface area contributed by atoms with Crippen LogP contribution in [0.3, 0.4) is 0 Å². The van der Waals surface area contributed by atoms with Crippen molar-refractivity contribution in [3.05, 3.63) is 59.9 Å². The summed E-state index contributed by atoms with van der Waals surface area (Å²) in [6.07, 6.45) is 6.08. The average molecular weight is 255 g/mol. The Labute approximate surface area is 114 Å². The van der Waals surface area contributed by atoms with Crippen molar-refractivity contribution in [2.75, 3.05) is 0 Å². The molecule has 1 heterocycles. The number of H-pyrrole nitrogens is 1. The molecule has 1 aromatic heterocycles. The van der Waals surface area contributed by atoms with E-state index in [-0.39, 0.29) is 6.10 Å². The number of nitrogens with one attached hydrogen (secondary N) is 1. The van der Waals surface area contributed by atoms with E-state index in [1.165, 1.54) is 11.3 Å². The van der Waals surface area contributed by atoms with Crippen molar-refractivity contribution >= 4 is 0 Å². The number of rotatable bonds is 4. The quantitative estimate of drug-likeness (QED) is 0.861. The van der Waals surface area contributed by atoms with E-state index >= 15 is 0 Å². The molecule has 2 aromatic rings. The fourth-order valence-corrected chi connectivity index (χ4v) is 3.37. The van der Waals surface area contributed by atoms with Crippen LogP contribution >= 0.6 is 0 Å². The summed E-state index contributed by atoms with van der Waals surface area (Å²) in [7, 11) is 0. The van der Waals surface area contributed by atoms with E-state index in [9.17, 15) is 5.11 Å². The zero-order valence-electron chi connectivity index (χ0n) is 11.1. The number of hydrogen-bond donors (Lipinski definition) is 2. The van der Waals surface area contributed by atoms with E-state index in [0.717, 1.165) is 25.7 Å². The first-order valence-electron chi connectivity index (χ1n) is 7.20. The van der Waals surface area contributed by atoms with Crippen LogP contribution < -0.4 is 0 Å². The third-order valence-electron chi connectivity index (χ3n) is 4.37. The summed E-state index contributed by atoms with van der Waals surface area (Å²) in [6.45, 7) is 0. The van der Waals surface area contributed by atoms with E-state index in [1.54, 1.807) is 0 Å². The first-order valence-corrected chi connectivity index (χ1v) is 7.20. The molecule has 2 nitrogen and oxygen atoms in total. The van der Waals surface area contributed by atoms with E-state index in [2.05, 4.69) is 47.4 Å². The summed E-state index contributed by atoms with van der Waals surface area (Å²) in [6, 6.07) is 14.8. The van der Waals surface area contributed by atoms with Gasteiger partial charge in [0.05, 0.1) is 6.10 Å². The van der Waals surface area contributed by atoms with Crippen LogP contribution in [0.4, 0.5) is 0 Å². The molecule has 0 saturated heterocycles. The lowest BCUT2D eigenvalue weighted by molar-refractivity contribution is 0.116. The molecule has 0 aliphatic heterocycles. The topological polar surface area (TPSA) is 36.0 Å². The summed E-state index contributed by atoms with van der Waals surface area (Å²) in [5, 5.41) is 10.2. The van der Waals surface area contributed by atoms with Gasteiger partial charge in [-0.25, -0.2) is 0 Å². The lowest BCUT2D eigenvalue weighted by Gasteiger charge is -2.25. The molecule has 19 heavy (non-hydrogen) atoms. The Morgan fingerprint density at radius 2 is 1.95 bits per heavy atom. The molecule has 1 fully saturated rings. The molecule has 2 N–H and O–H groups in total. The zero-order chi connectivity index (χ0) is 13.1. The summed E-state index contributed by atoms with van der Waals surface area (Å²) in [4.78, 5) is 3.34. The third-order valence-corrected chi connectivity index (χ3v) is 4.37. The molecule has 1 aliphatic carbocycles. The van der Waals surface area contributed by atoms with E-state index in [0.29, 0.717) is 11.8 Å². The number of benzene rings is 1. The highest BCUT2D eigenvalue weighted by molar-refractivity contribution is 5.21. The maximum Gasteiger partial charge on any atom is 0.0574 e. The van der Waals surface area contributed by atoms with Crippen molar-refractivity contribution in [3.8, 4) is 0 Å². The lowest BCUT2D eigenvalue weighted by atomic mass is 9.82. The molecular weight excluding hydrogens is 234 g/mol. The minimum Gasteiger partial charge on any atom is -0.393 e. The van der Waals surface area contributed by atoms with Gasteiger partial charge in [-0.1, -0.05) is 36.8 Å². The van der Waals surface area contributed by atoms with Gasteiger partial charge in [-0.05, 0) is 42.9 Å². The van der Waals surface area contributed by atoms with Crippen LogP contribution in [-0.4, -0.2) is 16.2 Å². The Bertz CT molecular complexity index is 491. The molecule has 2 heteroatoms. The van der Waals surface area contributed by atoms with Crippen molar-refractivity contribution in [2.45, 2.75) is 37.7 Å². The molecule has 1 saturated carbocycles. The molecule has 1 aliphatic rings. The summed E-state index contributed by atoms with van der Waals surface area (Å²) >= 11 is 0. The molecule has 1 aromatic carbocycles. The van der Waals surface area contributed by atoms with Gasteiger partial charge < -0.3 is 10.1 Å². The molecule has 100 valence electrons. The first kappa shape index (κ1) is 12.5. The van der Waals surface area contributed by atoms with E-state index in [4.69, 9.17) is 0 Å². The standard InChI is InChI=1S/C17H21NO/c19-17-10-4-8-14(17)15(16-9-5-11-18-16)12-13-6-2-1-3-7-13/h1-3,5-7,9,11,14-15,17-19H,4,8,10,12H2. The van der Waals surface area contributed by atoms with Gasteiger partial charge in [0.2, 0.25) is 0 Å². The van der Waals surface area contributed by atoms with Crippen LogP contribution in [0.5, 0.6) is 0 Å². The molecule has 0 bridgehead atoms. The molecule has 3 atom stereocenters. The molecule has 0 amide bonds. The largest absolute Gasteiger partial charge is 0.393 e. The molecular formula is C17H21NO. The summed E-state index contributed by atoms with van der Waals surface area (Å²) in [5.41, 5.74) is 2.61. The molecule has 0 radical (unpaired) electrons. The van der Waals surface area contributed by atoms with Crippen molar-refractivity contribution in [1.82, 2.24) is 4.98 Å². The van der Waals surface area contributed by atoms with Gasteiger partial charge in [0.1, 0.15) is 0 Å². The number of hydrogen-bond acceptors (Lipinski definition) is 1. The van der Waals surface area contributed by atoms with Crippen LogP contribution in [0.1, 0.15) is 36.4 Å². The van der Waals surface area contributed by atoms with Crippen molar-refractivity contribution < 1.29 is 5.11 Å². The SMILES string of the molecule is OC1CCCC1C(Cc1ccccc1)c1ccc[nH]1. The molecule has 3 unspecified atom stereocenters. The highest BCUT2D eigenvalue weighted by Gasteiger charge is 2.33. The van der Waals surface area contributed by atoms with Gasteiger partial charge in [0, 0.05) is 17.8 Å². The monoisotopic (exact) mass is 255 g/mol. The highest BCUT2D eigenvalue weighted by Crippen LogP contribution is 2.39. The number of aliphatic hydroxyl groups is 1. The maximum absolute atomic E-state index is 10.2. The van der Waals surface area contributed by atoms with E-state index < -0.39 is 0 Å². The van der Waals surface area contributed by atoms with Gasteiger partial charge in [0.15, 0.2) is 0 Å². The third kappa shape index (κ3) is 2.74. The number of aromatic amines is 1. The van der Waals surface area contributed by atoms with Crippen LogP contribution in [0.2, 0.25) is 0 Å². The van der Waals surface area contributed by atoms with Gasteiger partial charge in [0.25, 0.3) is 0 Å². The summed E-state index contributed by atoms with van der Waals surface area (Å²) in [5.74, 6) is 0.786. The molecule has 3 rings (SSSR count). The average Bonchev–Trinajstić information content (AvgIpc) is 3.09. The van der Waals surface area contributed by atoms with Gasteiger partial charge in [-0.2, -0.15) is 0 Å². The Morgan fingerprint density at radius 3 is 2.58 bits per heavy atom. The smallest absolute Gasteiger partial charge is 0.0574 e. The van der Waals surface area contributed by atoms with Crippen LogP contribution in [0.25, 0.3) is 0 Å². The van der Waals surface area contributed by atoms with E-state index in [1.807, 2.05) is 6.20 Å². The number of aliphatic hydroxyl groups excluding tert-OH is 1. The second-order valence-corrected chi connectivity index (χ2v) is 5.58. The second-order valence-electron chi connectivity index (χ2n) is 5.58. The Hall–Kier alpha value is -1.54. The molecule has 0 spiro atoms. The predicted octanol–water partition coefficient (Wildman–Crippen LogP) is 3.50. The zero-order valence-corrected chi connectivity index (χ0v) is 11.1. The van der Waals surface area contributed by atoms with Gasteiger partial charge in [-0.3, -0.25) is 0 Å². The maximum atomic E-state index is 10.2. The minimum atomic E-state index is -0.142. The second kappa shape index (κ2) is 5.62. The first-order chi connectivity index (χ1) is 9.34. The van der Waals surface area contributed by atoms with Gasteiger partial charge in [-0.15, -0.1) is 0 Å². The summed E-state index contributed by atoms with van der Waals surface area (Å²) < 4.78 is 0. The van der Waals surface area contributed by atoms with Crippen LogP contribution in [0, 0.1) is 5.92 Å². The minimum absolute atomic E-state index is 0.142. The lowest BCUT2D eigenvalue weighted by Crippen LogP contribution is -2.23. The fourth-order valence-electron chi connectivity index (χ4n) is 3.37. The Morgan fingerprint density at radius 1 is 1.11 bits per heavy atom. The fraction of sp³-hybridized carbons (Fsp3) is 0.412. The van der Waals surface area contributed by atoms with Crippen molar-refractivity contribution in [3.63, 3.8) is 0 Å². The van der Waals surface area contributed by atoms with Crippen molar-refractivity contribution in [2.24, 2.45) is 5.92 Å². The highest BCUT2D eigenvalue weighted by atomic mass is 16.3. The number of aromatic nitrogens is 1. The Balaban J connectivity index is 1.84. The Kier molecular flexibility index (Phi) is 3.69. The van der Waals surface area contributed by atoms with Crippen LogP contribution in [-0.2, 0) is 6.42 Å². The van der Waals surface area contributed by atoms with Gasteiger partial charge >= 0.3 is 0 Å². The van der Waals surface area contributed by atoms with Crippen LogP contribution in [0.15, 0.2) is 48.7 Å².